The smallest absolute Gasteiger partial charge is 0.437 e. The second kappa shape index (κ2) is 5.12. The first-order chi connectivity index (χ1) is 10.2. The number of fused-ring (bicyclic) bond motifs is 2. The van der Waals surface area contributed by atoms with Gasteiger partial charge >= 0.3 is 23.9 Å². The molecule has 2 aliphatic heterocycles. The highest BCUT2D eigenvalue weighted by atomic mass is 19.4. The van der Waals surface area contributed by atoms with Gasteiger partial charge in [0.1, 0.15) is 0 Å². The van der Waals surface area contributed by atoms with Crippen molar-refractivity contribution in [2.24, 2.45) is 11.3 Å². The van der Waals surface area contributed by atoms with Crippen molar-refractivity contribution in [1.82, 2.24) is 0 Å². The van der Waals surface area contributed by atoms with Gasteiger partial charge < -0.3 is 9.47 Å². The normalized spacial score (nSPS) is 28.3. The third-order valence-electron chi connectivity index (χ3n) is 3.96. The van der Waals surface area contributed by atoms with E-state index in [1.54, 1.807) is 0 Å². The first-order valence-electron chi connectivity index (χ1n) is 6.91. The molecule has 0 saturated carbocycles. The van der Waals surface area contributed by atoms with Gasteiger partial charge in [0.05, 0.1) is 17.6 Å². The Bertz CT molecular complexity index is 500. The average Bonchev–Trinajstić information content (AvgIpc) is 2.92. The number of carbonyl (C=O) groups is 1. The summed E-state index contributed by atoms with van der Waals surface area (Å²) >= 11 is 0. The predicted molar refractivity (Wildman–Crippen MR) is 66.3 cm³/mol. The molecule has 0 radical (unpaired) electrons. The van der Waals surface area contributed by atoms with Crippen molar-refractivity contribution in [3.05, 3.63) is 12.2 Å². The molecular formula is C14H16F6O3. The van der Waals surface area contributed by atoms with Crippen LogP contribution in [0.4, 0.5) is 26.3 Å². The van der Waals surface area contributed by atoms with Gasteiger partial charge in [0.2, 0.25) is 0 Å². The third kappa shape index (κ3) is 2.83. The summed E-state index contributed by atoms with van der Waals surface area (Å²) in [5, 5.41) is 0. The molecule has 0 aromatic heterocycles. The van der Waals surface area contributed by atoms with Crippen LogP contribution in [0.25, 0.3) is 0 Å². The largest absolute Gasteiger partial charge is 0.439 e. The molecule has 2 rings (SSSR count). The Labute approximate surface area is 128 Å². The fraction of sp³-hybridized carbons (Fsp3) is 0.786. The summed E-state index contributed by atoms with van der Waals surface area (Å²) in [5.41, 5.74) is -6.11. The lowest BCUT2D eigenvalue weighted by Gasteiger charge is -2.43. The van der Waals surface area contributed by atoms with Crippen molar-refractivity contribution in [2.75, 3.05) is 0 Å². The van der Waals surface area contributed by atoms with Crippen LogP contribution in [-0.2, 0) is 14.3 Å². The summed E-state index contributed by atoms with van der Waals surface area (Å²) in [7, 11) is 0. The molecule has 132 valence electrons. The summed E-state index contributed by atoms with van der Waals surface area (Å²) in [6.07, 6.45) is -11.8. The highest BCUT2D eigenvalue weighted by molar-refractivity contribution is 5.76. The minimum Gasteiger partial charge on any atom is -0.439 e. The summed E-state index contributed by atoms with van der Waals surface area (Å²) in [4.78, 5) is 11.9. The molecule has 2 bridgehead atoms. The van der Waals surface area contributed by atoms with Gasteiger partial charge in [0, 0.05) is 5.92 Å². The van der Waals surface area contributed by atoms with Crippen LogP contribution >= 0.6 is 0 Å². The van der Waals surface area contributed by atoms with E-state index in [1.165, 1.54) is 26.8 Å². The summed E-state index contributed by atoms with van der Waals surface area (Å²) < 4.78 is 90.3. The van der Waals surface area contributed by atoms with E-state index >= 15 is 0 Å². The zero-order valence-electron chi connectivity index (χ0n) is 12.6. The van der Waals surface area contributed by atoms with Crippen LogP contribution in [0.15, 0.2) is 12.2 Å². The van der Waals surface area contributed by atoms with Crippen LogP contribution in [0.1, 0.15) is 27.2 Å². The van der Waals surface area contributed by atoms with Crippen molar-refractivity contribution >= 4 is 5.97 Å². The van der Waals surface area contributed by atoms with Crippen LogP contribution in [0.5, 0.6) is 0 Å². The molecule has 2 aliphatic rings. The number of esters is 1. The Morgan fingerprint density at radius 3 is 1.87 bits per heavy atom. The van der Waals surface area contributed by atoms with E-state index < -0.39 is 53.9 Å². The average molecular weight is 346 g/mol. The zero-order chi connectivity index (χ0) is 17.8. The number of hydrogen-bond donors (Lipinski definition) is 0. The van der Waals surface area contributed by atoms with Crippen molar-refractivity contribution in [3.63, 3.8) is 0 Å². The molecule has 2 heterocycles. The topological polar surface area (TPSA) is 35.5 Å². The van der Waals surface area contributed by atoms with E-state index in [1.807, 2.05) is 0 Å². The van der Waals surface area contributed by atoms with E-state index in [-0.39, 0.29) is 0 Å². The number of rotatable bonds is 2. The van der Waals surface area contributed by atoms with Gasteiger partial charge in [-0.25, -0.2) is 0 Å². The number of halogens is 6. The maximum absolute atomic E-state index is 13.5. The van der Waals surface area contributed by atoms with Gasteiger partial charge in [-0.05, 0) is 27.2 Å². The lowest BCUT2D eigenvalue weighted by molar-refractivity contribution is -0.389. The highest BCUT2D eigenvalue weighted by Gasteiger charge is 2.79. The minimum absolute atomic E-state index is 0.516. The lowest BCUT2D eigenvalue weighted by Crippen LogP contribution is -2.66. The fourth-order valence-electron chi connectivity index (χ4n) is 2.74. The number of hydrogen-bond acceptors (Lipinski definition) is 3. The molecule has 9 heteroatoms. The van der Waals surface area contributed by atoms with E-state index in [4.69, 9.17) is 4.74 Å². The van der Waals surface area contributed by atoms with Crippen molar-refractivity contribution in [2.45, 2.75) is 57.4 Å². The van der Waals surface area contributed by atoms with Gasteiger partial charge in [-0.15, -0.1) is 0 Å². The molecule has 3 atom stereocenters. The third-order valence-corrected chi connectivity index (χ3v) is 3.96. The fourth-order valence-corrected chi connectivity index (χ4v) is 2.74. The van der Waals surface area contributed by atoms with Gasteiger partial charge in [-0.2, -0.15) is 26.3 Å². The molecule has 23 heavy (non-hydrogen) atoms. The summed E-state index contributed by atoms with van der Waals surface area (Å²) in [5.74, 6) is -3.64. The monoisotopic (exact) mass is 346 g/mol. The summed E-state index contributed by atoms with van der Waals surface area (Å²) in [6, 6.07) is 0. The highest BCUT2D eigenvalue weighted by Crippen LogP contribution is 2.56. The van der Waals surface area contributed by atoms with Crippen molar-refractivity contribution < 1.29 is 40.6 Å². The lowest BCUT2D eigenvalue weighted by atomic mass is 9.77. The van der Waals surface area contributed by atoms with Crippen molar-refractivity contribution in [3.8, 4) is 0 Å². The Kier molecular flexibility index (Phi) is 4.03. The van der Waals surface area contributed by atoms with Crippen LogP contribution in [-0.4, -0.2) is 36.1 Å². The quantitative estimate of drug-likeness (QED) is 0.434. The second-order valence-electron chi connectivity index (χ2n) is 6.74. The van der Waals surface area contributed by atoms with Gasteiger partial charge in [-0.1, -0.05) is 12.2 Å². The van der Waals surface area contributed by atoms with Crippen LogP contribution < -0.4 is 0 Å². The first kappa shape index (κ1) is 18.1. The molecule has 0 spiro atoms. The molecule has 3 unspecified atom stereocenters. The van der Waals surface area contributed by atoms with Gasteiger partial charge in [0.15, 0.2) is 0 Å². The number of carbonyl (C=O) groups excluding carboxylic acids is 1. The van der Waals surface area contributed by atoms with E-state index in [0.717, 1.165) is 6.08 Å². The molecule has 1 saturated heterocycles. The predicted octanol–water partition coefficient (Wildman–Crippen LogP) is 3.78. The number of alkyl halides is 6. The molecule has 0 aromatic carbocycles. The second-order valence-corrected chi connectivity index (χ2v) is 6.74. The summed E-state index contributed by atoms with van der Waals surface area (Å²) in [6.45, 7) is 3.55. The molecule has 1 fully saturated rings. The first-order valence-corrected chi connectivity index (χ1v) is 6.91. The minimum atomic E-state index is -5.82. The van der Waals surface area contributed by atoms with Crippen molar-refractivity contribution in [1.29, 1.82) is 0 Å². The molecule has 0 amide bonds. The Balaban J connectivity index is 2.53. The standard InChI is InChI=1S/C14H16F6O3/c1-11(2,3)10(21)23-12(13(15,16)17,14(18,19)20)8-6-7-4-5-9(8)22-7/h4-5,7-9H,6H2,1-3H3. The van der Waals surface area contributed by atoms with Gasteiger partial charge in [-0.3, -0.25) is 4.79 Å². The SMILES string of the molecule is CC(C)(C)C(=O)OC(C1CC2C=CC1O2)(C(F)(F)F)C(F)(F)F. The maximum atomic E-state index is 13.5. The molecule has 0 N–H and O–H groups in total. The van der Waals surface area contributed by atoms with Crippen LogP contribution in [0.3, 0.4) is 0 Å². The van der Waals surface area contributed by atoms with E-state index in [9.17, 15) is 31.1 Å². The van der Waals surface area contributed by atoms with Crippen LogP contribution in [0, 0.1) is 11.3 Å². The zero-order valence-corrected chi connectivity index (χ0v) is 12.6. The Hall–Kier alpha value is -1.25. The Morgan fingerprint density at radius 1 is 1.04 bits per heavy atom. The van der Waals surface area contributed by atoms with Gasteiger partial charge in [0.25, 0.3) is 0 Å². The Morgan fingerprint density at radius 2 is 1.57 bits per heavy atom. The van der Waals surface area contributed by atoms with E-state index in [2.05, 4.69) is 4.74 Å². The van der Waals surface area contributed by atoms with Crippen LogP contribution in [0.2, 0.25) is 0 Å². The molecular weight excluding hydrogens is 330 g/mol. The number of ether oxygens (including phenoxy) is 2. The molecule has 0 aliphatic carbocycles. The molecule has 3 nitrogen and oxygen atoms in total. The maximum Gasteiger partial charge on any atom is 0.437 e. The molecule has 0 aromatic rings. The van der Waals surface area contributed by atoms with E-state index in [0.29, 0.717) is 0 Å².